The van der Waals surface area contributed by atoms with E-state index in [-0.39, 0.29) is 17.3 Å². The summed E-state index contributed by atoms with van der Waals surface area (Å²) >= 11 is 6.81. The van der Waals surface area contributed by atoms with Crippen LogP contribution in [0, 0.1) is 5.82 Å². The van der Waals surface area contributed by atoms with Crippen LogP contribution in [0.4, 0.5) is 14.9 Å². The van der Waals surface area contributed by atoms with E-state index >= 15 is 0 Å². The fraction of sp³-hybridized carbons (Fsp3) is 0.138. The highest BCUT2D eigenvalue weighted by atomic mass is 35.5. The van der Waals surface area contributed by atoms with Crippen LogP contribution in [0.1, 0.15) is 16.7 Å². The Labute approximate surface area is 234 Å². The van der Waals surface area contributed by atoms with Gasteiger partial charge in [0.25, 0.3) is 11.1 Å². The first-order valence-electron chi connectivity index (χ1n) is 11.8. The first-order chi connectivity index (χ1) is 18.8. The minimum atomic E-state index is -0.583. The second-order valence-electron chi connectivity index (χ2n) is 8.42. The van der Waals surface area contributed by atoms with Gasteiger partial charge in [0.1, 0.15) is 19.0 Å². The molecular weight excluding hydrogens is 543 g/mol. The number of hydrogen-bond acceptors (Lipinski definition) is 6. The molecule has 39 heavy (non-hydrogen) atoms. The van der Waals surface area contributed by atoms with E-state index in [9.17, 15) is 18.8 Å². The van der Waals surface area contributed by atoms with E-state index in [1.54, 1.807) is 54.6 Å². The van der Waals surface area contributed by atoms with Gasteiger partial charge in [-0.15, -0.1) is 6.58 Å². The minimum absolute atomic E-state index is 0.164. The third-order valence-electron chi connectivity index (χ3n) is 5.66. The number of para-hydroxylation sites is 1. The number of hydrogen-bond donors (Lipinski definition) is 1. The molecule has 3 amide bonds. The van der Waals surface area contributed by atoms with E-state index in [4.69, 9.17) is 21.1 Å². The molecule has 1 heterocycles. The molecule has 200 valence electrons. The number of thioether (sulfide) groups is 1. The van der Waals surface area contributed by atoms with Gasteiger partial charge < -0.3 is 14.8 Å². The molecule has 0 unspecified atom stereocenters. The van der Waals surface area contributed by atoms with Crippen molar-refractivity contribution in [3.8, 4) is 11.5 Å². The number of amides is 3. The molecule has 0 atom stereocenters. The van der Waals surface area contributed by atoms with Crippen molar-refractivity contribution in [1.29, 1.82) is 0 Å². The normalized spacial score (nSPS) is 14.0. The maximum absolute atomic E-state index is 13.2. The number of ether oxygens (including phenoxy) is 2. The van der Waals surface area contributed by atoms with Crippen molar-refractivity contribution in [3.63, 3.8) is 0 Å². The van der Waals surface area contributed by atoms with E-state index in [2.05, 4.69) is 11.9 Å². The number of imide groups is 1. The van der Waals surface area contributed by atoms with E-state index in [1.165, 1.54) is 19.2 Å². The summed E-state index contributed by atoms with van der Waals surface area (Å²) in [6.45, 7) is 3.54. The number of nitrogens with one attached hydrogen (secondary N) is 1. The van der Waals surface area contributed by atoms with Crippen molar-refractivity contribution >= 4 is 52.2 Å². The summed E-state index contributed by atoms with van der Waals surface area (Å²) in [4.78, 5) is 39.1. The van der Waals surface area contributed by atoms with Gasteiger partial charge in [0, 0.05) is 5.56 Å². The van der Waals surface area contributed by atoms with Gasteiger partial charge in [0.15, 0.2) is 11.5 Å². The van der Waals surface area contributed by atoms with Gasteiger partial charge in [-0.25, -0.2) is 4.39 Å². The Bertz CT molecular complexity index is 1460. The highest BCUT2D eigenvalue weighted by Gasteiger charge is 2.36. The van der Waals surface area contributed by atoms with Gasteiger partial charge in [-0.3, -0.25) is 19.3 Å². The molecule has 4 rings (SSSR count). The maximum atomic E-state index is 13.2. The SMILES string of the molecule is C=CCc1cc(/C=C2/SC(=O)N(CC(=O)Nc3ccccc3Cl)C2=O)cc(OC)c1OCc1ccc(F)cc1. The fourth-order valence-corrected chi connectivity index (χ4v) is 4.83. The van der Waals surface area contributed by atoms with Crippen molar-refractivity contribution < 1.29 is 28.2 Å². The van der Waals surface area contributed by atoms with Crippen LogP contribution in [0.5, 0.6) is 11.5 Å². The summed E-state index contributed by atoms with van der Waals surface area (Å²) < 4.78 is 24.8. The van der Waals surface area contributed by atoms with Crippen LogP contribution in [0.25, 0.3) is 6.08 Å². The zero-order valence-electron chi connectivity index (χ0n) is 20.9. The predicted molar refractivity (Wildman–Crippen MR) is 150 cm³/mol. The molecule has 1 aliphatic heterocycles. The molecule has 0 spiro atoms. The first-order valence-corrected chi connectivity index (χ1v) is 13.0. The first kappa shape index (κ1) is 27.9. The van der Waals surface area contributed by atoms with Gasteiger partial charge in [0.2, 0.25) is 5.91 Å². The Morgan fingerprint density at radius 2 is 1.90 bits per heavy atom. The Morgan fingerprint density at radius 3 is 2.59 bits per heavy atom. The average Bonchev–Trinajstić information content (AvgIpc) is 3.17. The molecule has 1 fully saturated rings. The highest BCUT2D eigenvalue weighted by Crippen LogP contribution is 2.37. The van der Waals surface area contributed by atoms with Crippen LogP contribution in [-0.2, 0) is 22.6 Å². The molecule has 1 aliphatic rings. The monoisotopic (exact) mass is 566 g/mol. The molecule has 1 saturated heterocycles. The van der Waals surface area contributed by atoms with E-state index in [0.717, 1.165) is 27.8 Å². The number of benzene rings is 3. The van der Waals surface area contributed by atoms with Crippen LogP contribution >= 0.6 is 23.4 Å². The second kappa shape index (κ2) is 12.6. The van der Waals surface area contributed by atoms with Crippen LogP contribution < -0.4 is 14.8 Å². The second-order valence-corrected chi connectivity index (χ2v) is 9.82. The third-order valence-corrected chi connectivity index (χ3v) is 6.89. The van der Waals surface area contributed by atoms with Crippen molar-refractivity contribution in [2.24, 2.45) is 0 Å². The lowest BCUT2D eigenvalue weighted by Gasteiger charge is -2.16. The Balaban J connectivity index is 1.53. The molecule has 0 aromatic heterocycles. The lowest BCUT2D eigenvalue weighted by atomic mass is 10.0. The summed E-state index contributed by atoms with van der Waals surface area (Å²) in [5, 5.41) is 2.39. The lowest BCUT2D eigenvalue weighted by Crippen LogP contribution is -2.36. The predicted octanol–water partition coefficient (Wildman–Crippen LogP) is 6.47. The standard InChI is InChI=1S/C29H24ClFN2O5S/c1-3-6-20-13-19(14-24(37-2)27(20)38-17-18-9-11-21(31)12-10-18)15-25-28(35)33(29(36)39-25)16-26(34)32-23-8-5-4-7-22(23)30/h3-5,7-15H,1,6,16-17H2,2H3,(H,32,34)/b25-15+. The van der Waals surface area contributed by atoms with Crippen LogP contribution in [0.3, 0.4) is 0 Å². The summed E-state index contributed by atoms with van der Waals surface area (Å²) in [6, 6.07) is 16.1. The van der Waals surface area contributed by atoms with E-state index in [0.29, 0.717) is 34.2 Å². The average molecular weight is 567 g/mol. The molecule has 10 heteroatoms. The number of halogens is 2. The number of carbonyl (C=O) groups excluding carboxylic acids is 3. The molecule has 3 aromatic carbocycles. The third kappa shape index (κ3) is 6.87. The number of anilines is 1. The Morgan fingerprint density at radius 1 is 1.15 bits per heavy atom. The number of rotatable bonds is 10. The van der Waals surface area contributed by atoms with Crippen molar-refractivity contribution in [1.82, 2.24) is 4.90 Å². The number of carbonyl (C=O) groups is 3. The highest BCUT2D eigenvalue weighted by molar-refractivity contribution is 8.18. The molecule has 0 saturated carbocycles. The smallest absolute Gasteiger partial charge is 0.294 e. The Kier molecular flexibility index (Phi) is 9.06. The van der Waals surface area contributed by atoms with Crippen molar-refractivity contribution in [2.75, 3.05) is 19.0 Å². The summed E-state index contributed by atoms with van der Waals surface area (Å²) in [7, 11) is 1.49. The lowest BCUT2D eigenvalue weighted by molar-refractivity contribution is -0.127. The van der Waals surface area contributed by atoms with Gasteiger partial charge in [-0.2, -0.15) is 0 Å². The summed E-state index contributed by atoms with van der Waals surface area (Å²) in [6.07, 6.45) is 3.71. The van der Waals surface area contributed by atoms with Gasteiger partial charge in [-0.05, 0) is 71.8 Å². The van der Waals surface area contributed by atoms with Gasteiger partial charge in [0.05, 0.1) is 22.7 Å². The maximum Gasteiger partial charge on any atom is 0.294 e. The van der Waals surface area contributed by atoms with Crippen molar-refractivity contribution in [3.05, 3.63) is 106 Å². The van der Waals surface area contributed by atoms with Gasteiger partial charge >= 0.3 is 0 Å². The molecule has 0 radical (unpaired) electrons. The zero-order chi connectivity index (χ0) is 27.9. The molecule has 0 aliphatic carbocycles. The summed E-state index contributed by atoms with van der Waals surface area (Å²) in [5.41, 5.74) is 2.51. The van der Waals surface area contributed by atoms with Crippen LogP contribution in [0.2, 0.25) is 5.02 Å². The van der Waals surface area contributed by atoms with E-state index in [1.807, 2.05) is 6.07 Å². The van der Waals surface area contributed by atoms with Crippen LogP contribution in [0.15, 0.2) is 78.2 Å². The molecule has 1 N–H and O–H groups in total. The molecular formula is C29H24ClFN2O5S. The molecule has 7 nitrogen and oxygen atoms in total. The van der Waals surface area contributed by atoms with Gasteiger partial charge in [-0.1, -0.05) is 41.9 Å². The number of nitrogens with zero attached hydrogens (tertiary/aromatic N) is 1. The molecule has 3 aromatic rings. The largest absolute Gasteiger partial charge is 0.493 e. The quantitative estimate of drug-likeness (QED) is 0.224. The molecule has 0 bridgehead atoms. The topological polar surface area (TPSA) is 84.9 Å². The minimum Gasteiger partial charge on any atom is -0.493 e. The van der Waals surface area contributed by atoms with Crippen LogP contribution in [-0.4, -0.2) is 35.6 Å². The van der Waals surface area contributed by atoms with Crippen molar-refractivity contribution in [2.45, 2.75) is 13.0 Å². The summed E-state index contributed by atoms with van der Waals surface area (Å²) in [5.74, 6) is -0.563. The zero-order valence-corrected chi connectivity index (χ0v) is 22.5. The number of allylic oxidation sites excluding steroid dienone is 1. The van der Waals surface area contributed by atoms with E-state index < -0.39 is 23.6 Å². The fourth-order valence-electron chi connectivity index (χ4n) is 3.81. The number of methoxy groups -OCH3 is 1. The Hall–Kier alpha value is -4.08.